The van der Waals surface area contributed by atoms with Crippen molar-refractivity contribution in [3.05, 3.63) is 42.1 Å². The van der Waals surface area contributed by atoms with Crippen LogP contribution in [0.2, 0.25) is 0 Å². The first-order chi connectivity index (χ1) is 9.47. The fraction of sp³-hybridized carbons (Fsp3) is 0.143. The Labute approximate surface area is 117 Å². The maximum Gasteiger partial charge on any atom is 0.251 e. The Morgan fingerprint density at radius 2 is 2.05 bits per heavy atom. The number of anilines is 2. The largest absolute Gasteiger partial charge is 0.439 e. The van der Waals surface area contributed by atoms with E-state index in [1.54, 1.807) is 6.07 Å². The molecule has 0 radical (unpaired) electrons. The zero-order chi connectivity index (χ0) is 14.7. The molecule has 0 aliphatic heterocycles. The molecular weight excluding hydrogens is 256 g/mol. The molecule has 104 valence electrons. The molecule has 0 unspecified atom stereocenters. The molecule has 0 aliphatic rings. The first-order valence-corrected chi connectivity index (χ1v) is 5.98. The number of pyridine rings is 1. The van der Waals surface area contributed by atoms with Crippen molar-refractivity contribution in [2.45, 2.75) is 0 Å². The van der Waals surface area contributed by atoms with Gasteiger partial charge in [0.1, 0.15) is 5.75 Å². The van der Waals surface area contributed by atoms with Gasteiger partial charge in [0.25, 0.3) is 5.91 Å². The van der Waals surface area contributed by atoms with E-state index in [0.29, 0.717) is 5.75 Å². The number of carbonyl (C=O) groups is 1. The first kappa shape index (κ1) is 13.7. The number of carbonyl (C=O) groups excluding carboxylic acids is 1. The van der Waals surface area contributed by atoms with Crippen LogP contribution in [0.15, 0.2) is 36.5 Å². The third-order valence-electron chi connectivity index (χ3n) is 2.73. The second kappa shape index (κ2) is 5.48. The van der Waals surface area contributed by atoms with Crippen LogP contribution in [0.5, 0.6) is 11.6 Å². The van der Waals surface area contributed by atoms with Crippen LogP contribution in [0.3, 0.4) is 0 Å². The summed E-state index contributed by atoms with van der Waals surface area (Å²) in [5.74, 6) is 0.268. The highest BCUT2D eigenvalue weighted by molar-refractivity contribution is 5.98. The predicted octanol–water partition coefficient (Wildman–Crippen LogP) is 1.62. The minimum Gasteiger partial charge on any atom is -0.439 e. The highest BCUT2D eigenvalue weighted by atomic mass is 16.5. The van der Waals surface area contributed by atoms with E-state index in [-0.39, 0.29) is 17.1 Å². The van der Waals surface area contributed by atoms with Crippen molar-refractivity contribution in [2.75, 3.05) is 24.7 Å². The van der Waals surface area contributed by atoms with Gasteiger partial charge in [-0.15, -0.1) is 0 Å². The molecular formula is C14H16N4O2. The van der Waals surface area contributed by atoms with Crippen molar-refractivity contribution in [3.8, 4) is 11.6 Å². The van der Waals surface area contributed by atoms with E-state index in [2.05, 4.69) is 4.98 Å². The maximum atomic E-state index is 11.2. The third kappa shape index (κ3) is 2.97. The number of nitrogens with zero attached hydrogens (tertiary/aromatic N) is 2. The molecule has 6 nitrogen and oxygen atoms in total. The summed E-state index contributed by atoms with van der Waals surface area (Å²) in [6.45, 7) is 0. The van der Waals surface area contributed by atoms with Crippen LogP contribution in [0.4, 0.5) is 11.4 Å². The molecule has 1 heterocycles. The van der Waals surface area contributed by atoms with Crippen LogP contribution < -0.4 is 21.1 Å². The Morgan fingerprint density at radius 1 is 1.30 bits per heavy atom. The Hall–Kier alpha value is -2.76. The van der Waals surface area contributed by atoms with E-state index in [1.165, 1.54) is 12.3 Å². The van der Waals surface area contributed by atoms with Gasteiger partial charge in [-0.1, -0.05) is 6.07 Å². The second-order valence-electron chi connectivity index (χ2n) is 4.47. The summed E-state index contributed by atoms with van der Waals surface area (Å²) in [5.41, 5.74) is 12.3. The van der Waals surface area contributed by atoms with Gasteiger partial charge in [0.2, 0.25) is 5.88 Å². The highest BCUT2D eigenvalue weighted by Crippen LogP contribution is 2.25. The smallest absolute Gasteiger partial charge is 0.251 e. The molecule has 0 atom stereocenters. The monoisotopic (exact) mass is 272 g/mol. The van der Waals surface area contributed by atoms with Crippen molar-refractivity contribution in [1.29, 1.82) is 0 Å². The fourth-order valence-corrected chi connectivity index (χ4v) is 1.66. The summed E-state index contributed by atoms with van der Waals surface area (Å²) < 4.78 is 5.61. The van der Waals surface area contributed by atoms with Gasteiger partial charge in [0, 0.05) is 31.9 Å². The van der Waals surface area contributed by atoms with E-state index < -0.39 is 5.91 Å². The first-order valence-electron chi connectivity index (χ1n) is 5.98. The molecule has 2 rings (SSSR count). The number of hydrogen-bond donors (Lipinski definition) is 2. The van der Waals surface area contributed by atoms with Gasteiger partial charge in [-0.05, 0) is 12.1 Å². The lowest BCUT2D eigenvalue weighted by molar-refractivity contribution is 0.100. The quantitative estimate of drug-likeness (QED) is 0.882. The summed E-state index contributed by atoms with van der Waals surface area (Å²) in [5, 5.41) is 0. The molecule has 0 fully saturated rings. The Bertz CT molecular complexity index is 641. The van der Waals surface area contributed by atoms with Crippen molar-refractivity contribution < 1.29 is 9.53 Å². The van der Waals surface area contributed by atoms with Crippen LogP contribution in [0.25, 0.3) is 0 Å². The number of primary amides is 1. The summed E-state index contributed by atoms with van der Waals surface area (Å²) in [4.78, 5) is 17.2. The van der Waals surface area contributed by atoms with E-state index in [4.69, 9.17) is 16.2 Å². The molecule has 0 saturated heterocycles. The predicted molar refractivity (Wildman–Crippen MR) is 78.0 cm³/mol. The third-order valence-corrected chi connectivity index (χ3v) is 2.73. The van der Waals surface area contributed by atoms with E-state index in [1.807, 2.05) is 37.2 Å². The molecule has 6 heteroatoms. The Kier molecular flexibility index (Phi) is 3.74. The zero-order valence-corrected chi connectivity index (χ0v) is 11.3. The molecule has 0 saturated carbocycles. The molecule has 1 aromatic carbocycles. The van der Waals surface area contributed by atoms with Crippen LogP contribution in [-0.4, -0.2) is 25.0 Å². The van der Waals surface area contributed by atoms with E-state index in [9.17, 15) is 4.79 Å². The fourth-order valence-electron chi connectivity index (χ4n) is 1.66. The van der Waals surface area contributed by atoms with Gasteiger partial charge in [-0.25, -0.2) is 4.98 Å². The Balaban J connectivity index is 2.28. The SMILES string of the molecule is CN(C)c1cccc(Oc2cc(C(N)=O)c(N)cn2)c1. The number of amides is 1. The van der Waals surface area contributed by atoms with E-state index in [0.717, 1.165) is 5.69 Å². The van der Waals surface area contributed by atoms with Crippen LogP contribution in [0, 0.1) is 0 Å². The summed E-state index contributed by atoms with van der Waals surface area (Å²) >= 11 is 0. The Morgan fingerprint density at radius 3 is 2.70 bits per heavy atom. The number of rotatable bonds is 4. The molecule has 1 amide bonds. The van der Waals surface area contributed by atoms with E-state index >= 15 is 0 Å². The molecule has 4 N–H and O–H groups in total. The number of nitrogen functional groups attached to an aromatic ring is 1. The zero-order valence-electron chi connectivity index (χ0n) is 11.3. The lowest BCUT2D eigenvalue weighted by atomic mass is 10.2. The number of nitrogens with two attached hydrogens (primary N) is 2. The van der Waals surface area contributed by atoms with Crippen molar-refractivity contribution in [3.63, 3.8) is 0 Å². The molecule has 2 aromatic rings. The molecule has 20 heavy (non-hydrogen) atoms. The number of hydrogen-bond acceptors (Lipinski definition) is 5. The standard InChI is InChI=1S/C14H16N4O2/c1-18(2)9-4-3-5-10(6-9)20-13-7-11(14(16)19)12(15)8-17-13/h3-8H,15H2,1-2H3,(H2,16,19). The summed E-state index contributed by atoms with van der Waals surface area (Å²) in [6.07, 6.45) is 1.35. The summed E-state index contributed by atoms with van der Waals surface area (Å²) in [7, 11) is 3.87. The van der Waals surface area contributed by atoms with Gasteiger partial charge in [0.15, 0.2) is 0 Å². The average Bonchev–Trinajstić information content (AvgIpc) is 2.41. The molecule has 0 spiro atoms. The van der Waals surface area contributed by atoms with Crippen molar-refractivity contribution in [2.24, 2.45) is 5.73 Å². The highest BCUT2D eigenvalue weighted by Gasteiger charge is 2.09. The van der Waals surface area contributed by atoms with Gasteiger partial charge >= 0.3 is 0 Å². The molecule has 1 aromatic heterocycles. The van der Waals surface area contributed by atoms with Crippen LogP contribution in [0.1, 0.15) is 10.4 Å². The lowest BCUT2D eigenvalue weighted by Gasteiger charge is -2.14. The van der Waals surface area contributed by atoms with Crippen LogP contribution in [-0.2, 0) is 0 Å². The molecule has 0 aliphatic carbocycles. The number of aromatic nitrogens is 1. The van der Waals surface area contributed by atoms with Crippen molar-refractivity contribution in [1.82, 2.24) is 4.98 Å². The summed E-state index contributed by atoms with van der Waals surface area (Å²) in [6, 6.07) is 8.92. The van der Waals surface area contributed by atoms with Gasteiger partial charge < -0.3 is 21.1 Å². The minimum absolute atomic E-state index is 0.193. The maximum absolute atomic E-state index is 11.2. The number of benzene rings is 1. The lowest BCUT2D eigenvalue weighted by Crippen LogP contribution is -2.14. The normalized spacial score (nSPS) is 10.1. The van der Waals surface area contributed by atoms with Crippen molar-refractivity contribution >= 4 is 17.3 Å². The average molecular weight is 272 g/mol. The molecule has 0 bridgehead atoms. The van der Waals surface area contributed by atoms with Gasteiger partial charge in [-0.2, -0.15) is 0 Å². The van der Waals surface area contributed by atoms with Gasteiger partial charge in [0.05, 0.1) is 17.4 Å². The topological polar surface area (TPSA) is 94.5 Å². The van der Waals surface area contributed by atoms with Crippen LogP contribution >= 0.6 is 0 Å². The second-order valence-corrected chi connectivity index (χ2v) is 4.47. The van der Waals surface area contributed by atoms with Gasteiger partial charge in [-0.3, -0.25) is 4.79 Å². The number of ether oxygens (including phenoxy) is 1. The minimum atomic E-state index is -0.614.